The second-order valence-electron chi connectivity index (χ2n) is 5.36. The molecule has 0 heterocycles. The first-order valence-electron chi connectivity index (χ1n) is 7.01. The van der Waals surface area contributed by atoms with Crippen molar-refractivity contribution in [2.45, 2.75) is 5.92 Å². The van der Waals surface area contributed by atoms with Gasteiger partial charge in [-0.05, 0) is 11.1 Å². The number of benzene rings is 2. The zero-order valence-corrected chi connectivity index (χ0v) is 13.1. The molecule has 0 saturated carbocycles. The number of hydrogen-bond acceptors (Lipinski definition) is 5. The predicted molar refractivity (Wildman–Crippen MR) is 86.7 cm³/mol. The number of nitrogens with zero attached hydrogens (tertiary/aromatic N) is 3. The van der Waals surface area contributed by atoms with Crippen LogP contribution in [0.15, 0.2) is 48.5 Å². The van der Waals surface area contributed by atoms with E-state index in [1.165, 1.54) is 53.4 Å². The summed E-state index contributed by atoms with van der Waals surface area (Å²) in [6.45, 7) is 0. The van der Waals surface area contributed by atoms with Crippen molar-refractivity contribution in [3.63, 3.8) is 0 Å². The van der Waals surface area contributed by atoms with Crippen LogP contribution in [0.4, 0.5) is 11.4 Å². The van der Waals surface area contributed by atoms with E-state index in [1.807, 2.05) is 0 Å². The molecule has 1 amide bonds. The van der Waals surface area contributed by atoms with Crippen LogP contribution in [0.1, 0.15) is 17.0 Å². The third-order valence-corrected chi connectivity index (χ3v) is 3.56. The lowest BCUT2D eigenvalue weighted by Gasteiger charge is -2.21. The van der Waals surface area contributed by atoms with Crippen LogP contribution in [0, 0.1) is 20.2 Å². The Morgan fingerprint density at radius 2 is 1.17 bits per heavy atom. The molecule has 8 nitrogen and oxygen atoms in total. The van der Waals surface area contributed by atoms with E-state index in [-0.39, 0.29) is 17.3 Å². The van der Waals surface area contributed by atoms with Crippen molar-refractivity contribution in [3.8, 4) is 0 Å². The number of carbonyl (C=O) groups excluding carboxylic acids is 1. The average Bonchev–Trinajstić information content (AvgIpc) is 2.55. The van der Waals surface area contributed by atoms with Crippen LogP contribution in [0.3, 0.4) is 0 Å². The monoisotopic (exact) mass is 329 g/mol. The van der Waals surface area contributed by atoms with Crippen molar-refractivity contribution in [3.05, 3.63) is 79.9 Å². The molecule has 0 aliphatic carbocycles. The first kappa shape index (κ1) is 17.1. The second-order valence-corrected chi connectivity index (χ2v) is 5.36. The minimum absolute atomic E-state index is 0.0708. The van der Waals surface area contributed by atoms with Crippen molar-refractivity contribution in [2.75, 3.05) is 14.1 Å². The molecule has 0 aliphatic heterocycles. The summed E-state index contributed by atoms with van der Waals surface area (Å²) in [6, 6.07) is 11.4. The van der Waals surface area contributed by atoms with Gasteiger partial charge in [0, 0.05) is 38.4 Å². The quantitative estimate of drug-likeness (QED) is 0.619. The number of nitro benzene ring substituents is 2. The van der Waals surface area contributed by atoms with Crippen LogP contribution in [0.25, 0.3) is 0 Å². The number of nitro groups is 2. The summed E-state index contributed by atoms with van der Waals surface area (Å²) in [5.41, 5.74) is 1.01. The van der Waals surface area contributed by atoms with Gasteiger partial charge in [0.2, 0.25) is 5.91 Å². The summed E-state index contributed by atoms with van der Waals surface area (Å²) in [6.07, 6.45) is 0. The van der Waals surface area contributed by atoms with Crippen molar-refractivity contribution < 1.29 is 14.6 Å². The SMILES string of the molecule is CN(C)C(=O)C(c1ccc([N+](=O)[O-])cc1)c1ccc([N+](=O)[O-])cc1. The fourth-order valence-corrected chi connectivity index (χ4v) is 2.31. The van der Waals surface area contributed by atoms with Gasteiger partial charge in [0.1, 0.15) is 0 Å². The number of non-ortho nitro benzene ring substituents is 2. The third kappa shape index (κ3) is 3.54. The molecule has 0 unspecified atom stereocenters. The Hall–Kier alpha value is -3.29. The van der Waals surface area contributed by atoms with Gasteiger partial charge in [-0.15, -0.1) is 0 Å². The standard InChI is InChI=1S/C16H15N3O5/c1-17(2)16(20)15(11-3-7-13(8-4-11)18(21)22)12-5-9-14(10-6-12)19(23)24/h3-10,15H,1-2H3. The Morgan fingerprint density at radius 1 is 0.833 bits per heavy atom. The van der Waals surface area contributed by atoms with Gasteiger partial charge in [-0.3, -0.25) is 25.0 Å². The smallest absolute Gasteiger partial charge is 0.269 e. The van der Waals surface area contributed by atoms with Gasteiger partial charge in [-0.2, -0.15) is 0 Å². The molecule has 0 N–H and O–H groups in total. The number of amides is 1. The molecule has 0 saturated heterocycles. The molecular formula is C16H15N3O5. The molecule has 0 atom stereocenters. The first-order valence-corrected chi connectivity index (χ1v) is 7.01. The average molecular weight is 329 g/mol. The van der Waals surface area contributed by atoms with Gasteiger partial charge in [0.05, 0.1) is 15.8 Å². The van der Waals surface area contributed by atoms with Crippen LogP contribution in [0.5, 0.6) is 0 Å². The highest BCUT2D eigenvalue weighted by molar-refractivity contribution is 5.87. The van der Waals surface area contributed by atoms with Crippen molar-refractivity contribution in [2.24, 2.45) is 0 Å². The topological polar surface area (TPSA) is 107 Å². The van der Waals surface area contributed by atoms with Crippen LogP contribution in [-0.4, -0.2) is 34.7 Å². The van der Waals surface area contributed by atoms with Gasteiger partial charge < -0.3 is 4.90 Å². The number of carbonyl (C=O) groups is 1. The molecule has 0 aromatic heterocycles. The van der Waals surface area contributed by atoms with Crippen LogP contribution in [-0.2, 0) is 4.79 Å². The highest BCUT2D eigenvalue weighted by Gasteiger charge is 2.25. The lowest BCUT2D eigenvalue weighted by molar-refractivity contribution is -0.385. The Balaban J connectivity index is 2.46. The van der Waals surface area contributed by atoms with Gasteiger partial charge in [-0.25, -0.2) is 0 Å². The van der Waals surface area contributed by atoms with E-state index >= 15 is 0 Å². The second kappa shape index (κ2) is 6.86. The van der Waals surface area contributed by atoms with E-state index in [2.05, 4.69) is 0 Å². The molecule has 2 rings (SSSR count). The van der Waals surface area contributed by atoms with E-state index in [9.17, 15) is 25.0 Å². The van der Waals surface area contributed by atoms with Crippen LogP contribution >= 0.6 is 0 Å². The summed E-state index contributed by atoms with van der Waals surface area (Å²) < 4.78 is 0. The van der Waals surface area contributed by atoms with E-state index in [0.717, 1.165) is 0 Å². The summed E-state index contributed by atoms with van der Waals surface area (Å²) >= 11 is 0. The minimum atomic E-state index is -0.693. The molecule has 0 fully saturated rings. The van der Waals surface area contributed by atoms with Crippen molar-refractivity contribution >= 4 is 17.3 Å². The molecule has 0 radical (unpaired) electrons. The van der Waals surface area contributed by atoms with E-state index in [0.29, 0.717) is 11.1 Å². The van der Waals surface area contributed by atoms with Crippen LogP contribution < -0.4 is 0 Å². The van der Waals surface area contributed by atoms with Crippen molar-refractivity contribution in [1.82, 2.24) is 4.90 Å². The highest BCUT2D eigenvalue weighted by atomic mass is 16.6. The summed E-state index contributed by atoms with van der Waals surface area (Å²) in [4.78, 5) is 34.4. The molecule has 124 valence electrons. The number of hydrogen-bond donors (Lipinski definition) is 0. The van der Waals surface area contributed by atoms with Gasteiger partial charge >= 0.3 is 0 Å². The summed E-state index contributed by atoms with van der Waals surface area (Å²) in [5, 5.41) is 21.5. The molecule has 24 heavy (non-hydrogen) atoms. The lowest BCUT2D eigenvalue weighted by atomic mass is 9.90. The van der Waals surface area contributed by atoms with Gasteiger partial charge in [0.25, 0.3) is 11.4 Å². The maximum Gasteiger partial charge on any atom is 0.269 e. The lowest BCUT2D eigenvalue weighted by Crippen LogP contribution is -2.29. The number of rotatable bonds is 5. The normalized spacial score (nSPS) is 10.5. The Kier molecular flexibility index (Phi) is 4.88. The maximum absolute atomic E-state index is 12.5. The molecule has 2 aromatic carbocycles. The highest BCUT2D eigenvalue weighted by Crippen LogP contribution is 2.29. The van der Waals surface area contributed by atoms with E-state index in [1.54, 1.807) is 14.1 Å². The minimum Gasteiger partial charge on any atom is -0.348 e. The maximum atomic E-state index is 12.5. The zero-order chi connectivity index (χ0) is 17.9. The van der Waals surface area contributed by atoms with E-state index in [4.69, 9.17) is 0 Å². The molecule has 0 bridgehead atoms. The Labute approximate surface area is 137 Å². The summed E-state index contributed by atoms with van der Waals surface area (Å²) in [5.74, 6) is -0.917. The molecule has 2 aromatic rings. The van der Waals surface area contributed by atoms with Crippen molar-refractivity contribution in [1.29, 1.82) is 0 Å². The largest absolute Gasteiger partial charge is 0.348 e. The van der Waals surface area contributed by atoms with Gasteiger partial charge in [0.15, 0.2) is 0 Å². The van der Waals surface area contributed by atoms with E-state index < -0.39 is 15.8 Å². The first-order chi connectivity index (χ1) is 11.3. The van der Waals surface area contributed by atoms with Gasteiger partial charge in [-0.1, -0.05) is 24.3 Å². The Bertz CT molecular complexity index is 712. The van der Waals surface area contributed by atoms with Crippen LogP contribution in [0.2, 0.25) is 0 Å². The zero-order valence-electron chi connectivity index (χ0n) is 13.1. The molecule has 0 spiro atoms. The Morgan fingerprint density at radius 3 is 1.42 bits per heavy atom. The molecule has 8 heteroatoms. The fourth-order valence-electron chi connectivity index (χ4n) is 2.31. The third-order valence-electron chi connectivity index (χ3n) is 3.56. The summed E-state index contributed by atoms with van der Waals surface area (Å²) in [7, 11) is 3.21. The molecule has 0 aliphatic rings. The molecular weight excluding hydrogens is 314 g/mol. The fraction of sp³-hybridized carbons (Fsp3) is 0.188. The number of likely N-dealkylation sites (N-methyl/N-ethyl adjacent to an activating group) is 1. The predicted octanol–water partition coefficient (Wildman–Crippen LogP) is 2.72.